The summed E-state index contributed by atoms with van der Waals surface area (Å²) in [4.78, 5) is 24.6. The number of hydrogen-bond donors (Lipinski definition) is 2. The first-order chi connectivity index (χ1) is 25.5. The fraction of sp³-hybridized carbons (Fsp3) is 0.886. The Hall–Kier alpha value is -1.02. The zero-order valence-electron chi connectivity index (χ0n) is 35.5. The smallest absolute Gasteiger partial charge is 0.268 e. The summed E-state index contributed by atoms with van der Waals surface area (Å²) in [6.45, 7) is 4.37. The lowest BCUT2D eigenvalue weighted by Crippen LogP contribution is -2.45. The summed E-state index contributed by atoms with van der Waals surface area (Å²) in [6.07, 6.45) is 43.8. The highest BCUT2D eigenvalue weighted by molar-refractivity contribution is 7.45. The van der Waals surface area contributed by atoms with Gasteiger partial charge in [-0.15, -0.1) is 0 Å². The summed E-state index contributed by atoms with van der Waals surface area (Å²) >= 11 is 0. The van der Waals surface area contributed by atoms with Gasteiger partial charge in [0.25, 0.3) is 7.82 Å². The molecule has 8 nitrogen and oxygen atoms in total. The van der Waals surface area contributed by atoms with E-state index in [1.165, 1.54) is 148 Å². The Morgan fingerprint density at radius 3 is 1.51 bits per heavy atom. The van der Waals surface area contributed by atoms with Crippen molar-refractivity contribution in [1.82, 2.24) is 5.32 Å². The largest absolute Gasteiger partial charge is 0.756 e. The van der Waals surface area contributed by atoms with E-state index in [2.05, 4.69) is 24.4 Å². The highest BCUT2D eigenvalue weighted by Gasteiger charge is 2.23. The Morgan fingerprint density at radius 1 is 0.642 bits per heavy atom. The number of allylic oxidation sites excluding steroid dienone is 3. The second-order valence-corrected chi connectivity index (χ2v) is 17.8. The number of nitrogens with one attached hydrogen (secondary N) is 1. The molecule has 0 bridgehead atoms. The monoisotopic (exact) mass is 771 g/mol. The highest BCUT2D eigenvalue weighted by Crippen LogP contribution is 2.38. The van der Waals surface area contributed by atoms with Crippen molar-refractivity contribution in [2.24, 2.45) is 0 Å². The number of carbonyl (C=O) groups excluding carboxylic acids is 1. The van der Waals surface area contributed by atoms with Gasteiger partial charge in [0.15, 0.2) is 0 Å². The molecule has 0 spiro atoms. The zero-order valence-corrected chi connectivity index (χ0v) is 36.4. The van der Waals surface area contributed by atoms with Crippen molar-refractivity contribution in [2.75, 3.05) is 40.9 Å². The molecule has 0 rings (SSSR count). The highest BCUT2D eigenvalue weighted by atomic mass is 31.2. The average Bonchev–Trinajstić information content (AvgIpc) is 3.11. The Labute approximate surface area is 328 Å². The molecule has 3 unspecified atom stereocenters. The van der Waals surface area contributed by atoms with Crippen LogP contribution in [0.15, 0.2) is 24.3 Å². The van der Waals surface area contributed by atoms with Crippen molar-refractivity contribution in [3.8, 4) is 0 Å². The van der Waals surface area contributed by atoms with Crippen molar-refractivity contribution in [1.29, 1.82) is 0 Å². The van der Waals surface area contributed by atoms with Gasteiger partial charge in [0, 0.05) is 6.42 Å². The van der Waals surface area contributed by atoms with Gasteiger partial charge in [-0.25, -0.2) is 0 Å². The van der Waals surface area contributed by atoms with Gasteiger partial charge in [0.05, 0.1) is 39.9 Å². The number of nitrogens with zero attached hydrogens (tertiary/aromatic N) is 1. The van der Waals surface area contributed by atoms with E-state index < -0.39 is 26.6 Å². The number of likely N-dealkylation sites (N-methyl/N-ethyl adjacent to an activating group) is 1. The lowest BCUT2D eigenvalue weighted by molar-refractivity contribution is -0.870. The third kappa shape index (κ3) is 39.0. The summed E-state index contributed by atoms with van der Waals surface area (Å²) in [6, 6.07) is -0.894. The molecule has 0 aliphatic carbocycles. The molecular weight excluding hydrogens is 683 g/mol. The Kier molecular flexibility index (Phi) is 35.9. The van der Waals surface area contributed by atoms with Gasteiger partial charge in [-0.3, -0.25) is 9.36 Å². The van der Waals surface area contributed by atoms with Crippen LogP contribution in [-0.2, 0) is 18.4 Å². The second-order valence-electron chi connectivity index (χ2n) is 16.4. The lowest BCUT2D eigenvalue weighted by atomic mass is 10.0. The number of phosphoric acid groups is 1. The minimum absolute atomic E-state index is 0.00652. The van der Waals surface area contributed by atoms with Crippen molar-refractivity contribution in [2.45, 2.75) is 212 Å². The first-order valence-electron chi connectivity index (χ1n) is 22.2. The molecule has 3 atom stereocenters. The number of aliphatic hydroxyl groups excluding tert-OH is 1. The van der Waals surface area contributed by atoms with E-state index in [9.17, 15) is 19.4 Å². The van der Waals surface area contributed by atoms with Crippen LogP contribution >= 0.6 is 7.82 Å². The Bertz CT molecular complexity index is 922. The molecule has 53 heavy (non-hydrogen) atoms. The van der Waals surface area contributed by atoms with E-state index in [1.807, 2.05) is 34.1 Å². The Balaban J connectivity index is 3.87. The van der Waals surface area contributed by atoms with Crippen LogP contribution in [0.2, 0.25) is 0 Å². The number of unbranched alkanes of at least 4 members (excludes halogenated alkanes) is 25. The van der Waals surface area contributed by atoms with E-state index in [0.717, 1.165) is 25.7 Å². The van der Waals surface area contributed by atoms with Crippen LogP contribution in [0.3, 0.4) is 0 Å². The van der Waals surface area contributed by atoms with Crippen molar-refractivity contribution in [3.63, 3.8) is 0 Å². The van der Waals surface area contributed by atoms with Gasteiger partial charge in [0.2, 0.25) is 5.91 Å². The summed E-state index contributed by atoms with van der Waals surface area (Å²) in [5.41, 5.74) is 0. The third-order valence-electron chi connectivity index (χ3n) is 9.91. The molecule has 0 heterocycles. The van der Waals surface area contributed by atoms with E-state index in [0.29, 0.717) is 23.9 Å². The molecule has 1 amide bonds. The van der Waals surface area contributed by atoms with E-state index in [-0.39, 0.29) is 12.5 Å². The minimum Gasteiger partial charge on any atom is -0.756 e. The average molecular weight is 771 g/mol. The molecular formula is C44H87N2O6P. The zero-order chi connectivity index (χ0) is 39.3. The van der Waals surface area contributed by atoms with Crippen LogP contribution in [0.25, 0.3) is 0 Å². The first kappa shape index (κ1) is 52.0. The summed E-state index contributed by atoms with van der Waals surface area (Å²) in [5.74, 6) is -0.243. The molecule has 0 aromatic rings. The van der Waals surface area contributed by atoms with Gasteiger partial charge < -0.3 is 28.8 Å². The molecule has 9 heteroatoms. The number of hydrogen-bond acceptors (Lipinski definition) is 6. The first-order valence-corrected chi connectivity index (χ1v) is 23.7. The predicted molar refractivity (Wildman–Crippen MR) is 224 cm³/mol. The molecule has 0 saturated heterocycles. The maximum atomic E-state index is 12.3. The predicted octanol–water partition coefficient (Wildman–Crippen LogP) is 11.5. The van der Waals surface area contributed by atoms with Crippen LogP contribution in [0.5, 0.6) is 0 Å². The topological polar surface area (TPSA) is 108 Å². The molecule has 314 valence electrons. The molecule has 0 aliphatic rings. The summed E-state index contributed by atoms with van der Waals surface area (Å²) in [7, 11) is 1.24. The maximum Gasteiger partial charge on any atom is 0.268 e. The molecule has 0 radical (unpaired) electrons. The van der Waals surface area contributed by atoms with Gasteiger partial charge in [0.1, 0.15) is 13.2 Å². The fourth-order valence-corrected chi connectivity index (χ4v) is 7.05. The number of phosphoric ester groups is 1. The molecule has 0 fully saturated rings. The quantitative estimate of drug-likeness (QED) is 0.0278. The molecule has 0 saturated carbocycles. The van der Waals surface area contributed by atoms with Crippen LogP contribution in [0, 0.1) is 0 Å². The summed E-state index contributed by atoms with van der Waals surface area (Å²) < 4.78 is 22.8. The SMILES string of the molecule is CCCCCCCCCCCCCCCCCCCCCCCCC/C=C/CC/C=C/C(O)C(COP(=O)([O-])OCC[N+](C)(C)C)NC(=O)CCCC. The van der Waals surface area contributed by atoms with Crippen molar-refractivity contribution in [3.05, 3.63) is 24.3 Å². The number of amides is 1. The number of carbonyl (C=O) groups is 1. The number of aliphatic hydroxyl groups is 1. The third-order valence-corrected chi connectivity index (χ3v) is 10.9. The van der Waals surface area contributed by atoms with Gasteiger partial charge >= 0.3 is 0 Å². The molecule has 0 aromatic carbocycles. The van der Waals surface area contributed by atoms with E-state index >= 15 is 0 Å². The molecule has 0 aromatic heterocycles. The minimum atomic E-state index is -4.57. The van der Waals surface area contributed by atoms with Crippen LogP contribution < -0.4 is 10.2 Å². The fourth-order valence-electron chi connectivity index (χ4n) is 6.32. The van der Waals surface area contributed by atoms with Crippen molar-refractivity contribution < 1.29 is 32.9 Å². The van der Waals surface area contributed by atoms with Gasteiger partial charge in [-0.05, 0) is 32.1 Å². The van der Waals surface area contributed by atoms with E-state index in [1.54, 1.807) is 6.08 Å². The van der Waals surface area contributed by atoms with Crippen LogP contribution in [-0.4, -0.2) is 68.5 Å². The number of quaternary nitrogens is 1. The van der Waals surface area contributed by atoms with Gasteiger partial charge in [-0.2, -0.15) is 0 Å². The second kappa shape index (κ2) is 36.6. The molecule has 0 aliphatic heterocycles. The lowest BCUT2D eigenvalue weighted by Gasteiger charge is -2.29. The molecule has 2 N–H and O–H groups in total. The Morgan fingerprint density at radius 2 is 1.06 bits per heavy atom. The van der Waals surface area contributed by atoms with Crippen molar-refractivity contribution >= 4 is 13.7 Å². The summed E-state index contributed by atoms with van der Waals surface area (Å²) in [5, 5.41) is 13.5. The van der Waals surface area contributed by atoms with Crippen LogP contribution in [0.1, 0.15) is 200 Å². The van der Waals surface area contributed by atoms with E-state index in [4.69, 9.17) is 9.05 Å². The standard InChI is InChI=1S/C44H87N2O6P/c1-6-8-10-11-12-13-14-15-16-17-18-19-20-21-22-23-24-25-26-27-28-29-30-31-32-33-34-35-36-37-43(47)42(45-44(48)38-9-7-2)41-52-53(49,50)51-40-39-46(3,4)5/h32-33,36-37,42-43,47H,6-31,34-35,38-41H2,1-5H3,(H-,45,48,49,50)/b33-32+,37-36+. The maximum absolute atomic E-state index is 12.3. The number of rotatable bonds is 40. The normalized spacial score (nSPS) is 14.6. The van der Waals surface area contributed by atoms with Gasteiger partial charge in [-0.1, -0.05) is 186 Å². The van der Waals surface area contributed by atoms with Crippen LogP contribution in [0.4, 0.5) is 0 Å².